The predicted octanol–water partition coefficient (Wildman–Crippen LogP) is 2.22. The van der Waals surface area contributed by atoms with Crippen molar-refractivity contribution >= 4 is 22.6 Å². The van der Waals surface area contributed by atoms with E-state index >= 15 is 4.39 Å². The highest BCUT2D eigenvalue weighted by Gasteiger charge is 2.34. The first-order valence-electron chi connectivity index (χ1n) is 10.8. The number of β-amino-alcohol motifs (C(OH)–C–C–N with tert-alkyl or cyclic N) is 1. The molecule has 9 heteroatoms. The number of hydrogen-bond donors (Lipinski definition) is 1. The molecule has 2 aliphatic rings. The number of hydrogen-bond acceptors (Lipinski definition) is 6. The minimum Gasteiger partial charge on any atom is -0.487 e. The number of fused-ring (bicyclic) bond motifs is 2. The van der Waals surface area contributed by atoms with Crippen LogP contribution in [0.4, 0.5) is 10.2 Å². The molecule has 32 heavy (non-hydrogen) atoms. The third kappa shape index (κ3) is 3.56. The van der Waals surface area contributed by atoms with E-state index in [0.29, 0.717) is 42.3 Å². The summed E-state index contributed by atoms with van der Waals surface area (Å²) < 4.78 is 22.9. The molecule has 0 unspecified atom stereocenters. The van der Waals surface area contributed by atoms with Gasteiger partial charge < -0.3 is 19.6 Å². The Morgan fingerprint density at radius 3 is 2.94 bits per heavy atom. The molecule has 168 valence electrons. The number of aryl methyl sites for hydroxylation is 2. The van der Waals surface area contributed by atoms with Gasteiger partial charge >= 0.3 is 0 Å². The molecule has 0 bridgehead atoms. The van der Waals surface area contributed by atoms with Crippen LogP contribution in [0.25, 0.3) is 10.9 Å². The second-order valence-electron chi connectivity index (χ2n) is 8.47. The number of piperidine rings is 1. The molecule has 1 saturated heterocycles. The first-order valence-corrected chi connectivity index (χ1v) is 10.8. The molecule has 5 rings (SSSR count). The monoisotopic (exact) mass is 439 g/mol. The van der Waals surface area contributed by atoms with E-state index in [1.807, 2.05) is 43.1 Å². The zero-order valence-corrected chi connectivity index (χ0v) is 18.2. The number of pyridine rings is 1. The third-order valence-corrected chi connectivity index (χ3v) is 6.28. The fourth-order valence-corrected chi connectivity index (χ4v) is 4.59. The maximum absolute atomic E-state index is 15.1. The number of aliphatic hydroxyl groups is 1. The Balaban J connectivity index is 1.29. The van der Waals surface area contributed by atoms with Crippen LogP contribution in [-0.4, -0.2) is 69.2 Å². The van der Waals surface area contributed by atoms with Gasteiger partial charge in [0.05, 0.1) is 42.7 Å². The van der Waals surface area contributed by atoms with Crippen molar-refractivity contribution in [3.8, 4) is 5.75 Å². The molecule has 3 aromatic rings. The average Bonchev–Trinajstić information content (AvgIpc) is 3.29. The normalized spacial score (nSPS) is 20.8. The molecule has 0 aliphatic carbocycles. The summed E-state index contributed by atoms with van der Waals surface area (Å²) >= 11 is 0. The number of anilines is 1. The van der Waals surface area contributed by atoms with Crippen molar-refractivity contribution in [1.29, 1.82) is 0 Å². The van der Waals surface area contributed by atoms with E-state index in [9.17, 15) is 4.79 Å². The van der Waals surface area contributed by atoms with Gasteiger partial charge in [0.2, 0.25) is 0 Å². The Kier molecular flexibility index (Phi) is 5.21. The number of aromatic nitrogens is 3. The standard InChI is InChI=1S/C23H26FN5O3/c1-14-9-17-19(13-29(7-8-30)23(17)31)26-22(14)28-6-5-21(18(24)12-28)32-16-3-4-20-15(10-16)11-25-27(20)2/h3-4,9-11,18,21,30H,5-8,12-13H2,1-2H3/t18-,21+/m0/s1. The van der Waals surface area contributed by atoms with Gasteiger partial charge in [0, 0.05) is 31.9 Å². The van der Waals surface area contributed by atoms with E-state index in [-0.39, 0.29) is 25.6 Å². The number of carbonyl (C=O) groups excluding carboxylic acids is 1. The smallest absolute Gasteiger partial charge is 0.256 e. The van der Waals surface area contributed by atoms with Gasteiger partial charge in [0.15, 0.2) is 6.17 Å². The Labute approximate surface area is 185 Å². The average molecular weight is 439 g/mol. The number of nitrogens with zero attached hydrogens (tertiary/aromatic N) is 5. The summed E-state index contributed by atoms with van der Waals surface area (Å²) in [5.41, 5.74) is 3.10. The summed E-state index contributed by atoms with van der Waals surface area (Å²) in [7, 11) is 1.88. The summed E-state index contributed by atoms with van der Waals surface area (Å²) in [4.78, 5) is 20.7. The van der Waals surface area contributed by atoms with Gasteiger partial charge in [-0.3, -0.25) is 9.48 Å². The highest BCUT2D eigenvalue weighted by Crippen LogP contribution is 2.31. The van der Waals surface area contributed by atoms with Crippen molar-refractivity contribution in [3.05, 3.63) is 47.3 Å². The molecule has 2 aliphatic heterocycles. The number of benzene rings is 1. The van der Waals surface area contributed by atoms with Gasteiger partial charge in [-0.05, 0) is 36.8 Å². The molecule has 2 aromatic heterocycles. The summed E-state index contributed by atoms with van der Waals surface area (Å²) in [5.74, 6) is 1.23. The molecule has 1 fully saturated rings. The molecule has 8 nitrogen and oxygen atoms in total. The van der Waals surface area contributed by atoms with Gasteiger partial charge in [-0.2, -0.15) is 5.10 Å². The van der Waals surface area contributed by atoms with Crippen molar-refractivity contribution in [2.45, 2.75) is 32.2 Å². The van der Waals surface area contributed by atoms with Crippen LogP contribution < -0.4 is 9.64 Å². The van der Waals surface area contributed by atoms with E-state index in [4.69, 9.17) is 14.8 Å². The van der Waals surface area contributed by atoms with Crippen LogP contribution in [0.3, 0.4) is 0 Å². The molecular weight excluding hydrogens is 413 g/mol. The fourth-order valence-electron chi connectivity index (χ4n) is 4.59. The topological polar surface area (TPSA) is 83.7 Å². The van der Waals surface area contributed by atoms with Crippen molar-refractivity contribution in [3.63, 3.8) is 0 Å². The quantitative estimate of drug-likeness (QED) is 0.656. The number of halogens is 1. The number of ether oxygens (including phenoxy) is 1. The lowest BCUT2D eigenvalue weighted by Gasteiger charge is -2.36. The van der Waals surface area contributed by atoms with Crippen molar-refractivity contribution in [1.82, 2.24) is 19.7 Å². The lowest BCUT2D eigenvalue weighted by Crippen LogP contribution is -2.47. The van der Waals surface area contributed by atoms with E-state index in [1.54, 1.807) is 15.8 Å². The fraction of sp³-hybridized carbons (Fsp3) is 0.435. The number of amides is 1. The Hall–Kier alpha value is -3.20. The Bertz CT molecular complexity index is 1180. The van der Waals surface area contributed by atoms with Crippen LogP contribution in [0, 0.1) is 6.92 Å². The highest BCUT2D eigenvalue weighted by molar-refractivity contribution is 5.98. The van der Waals surface area contributed by atoms with Crippen molar-refractivity contribution in [2.24, 2.45) is 7.05 Å². The van der Waals surface area contributed by atoms with Crippen LogP contribution in [0.1, 0.15) is 28.0 Å². The molecule has 1 N–H and O–H groups in total. The summed E-state index contributed by atoms with van der Waals surface area (Å²) in [5, 5.41) is 14.4. The van der Waals surface area contributed by atoms with Gasteiger partial charge in [0.1, 0.15) is 17.7 Å². The zero-order chi connectivity index (χ0) is 22.4. The third-order valence-electron chi connectivity index (χ3n) is 6.28. The SMILES string of the molecule is Cc1cc2c(nc1N1CC[C@@H](Oc3ccc4c(cnn4C)c3)[C@@H](F)C1)CN(CCO)C2=O. The maximum atomic E-state index is 15.1. The van der Waals surface area contributed by atoms with E-state index in [1.165, 1.54) is 0 Å². The number of rotatable bonds is 5. The number of alkyl halides is 1. The van der Waals surface area contributed by atoms with E-state index in [2.05, 4.69) is 5.10 Å². The zero-order valence-electron chi connectivity index (χ0n) is 18.2. The van der Waals surface area contributed by atoms with E-state index < -0.39 is 12.3 Å². The largest absolute Gasteiger partial charge is 0.487 e. The molecular formula is C23H26FN5O3. The van der Waals surface area contributed by atoms with Crippen LogP contribution in [0.5, 0.6) is 5.75 Å². The van der Waals surface area contributed by atoms with Crippen molar-refractivity contribution in [2.75, 3.05) is 31.1 Å². The first-order chi connectivity index (χ1) is 15.4. The van der Waals surface area contributed by atoms with Crippen LogP contribution in [-0.2, 0) is 13.6 Å². The van der Waals surface area contributed by atoms with Crippen LogP contribution >= 0.6 is 0 Å². The Morgan fingerprint density at radius 1 is 1.31 bits per heavy atom. The molecule has 1 aromatic carbocycles. The first kappa shape index (κ1) is 20.7. The minimum absolute atomic E-state index is 0.0870. The summed E-state index contributed by atoms with van der Waals surface area (Å²) in [6, 6.07) is 7.50. The maximum Gasteiger partial charge on any atom is 0.256 e. The van der Waals surface area contributed by atoms with Crippen molar-refractivity contribution < 1.29 is 19.0 Å². The van der Waals surface area contributed by atoms with Gasteiger partial charge in [-0.15, -0.1) is 0 Å². The summed E-state index contributed by atoms with van der Waals surface area (Å²) in [6.07, 6.45) is 0.596. The van der Waals surface area contributed by atoms with E-state index in [0.717, 1.165) is 16.5 Å². The molecule has 0 radical (unpaired) electrons. The molecule has 2 atom stereocenters. The minimum atomic E-state index is -1.17. The lowest BCUT2D eigenvalue weighted by molar-refractivity contribution is 0.0745. The van der Waals surface area contributed by atoms with Gasteiger partial charge in [-0.1, -0.05) is 0 Å². The molecule has 0 saturated carbocycles. The summed E-state index contributed by atoms with van der Waals surface area (Å²) in [6.45, 7) is 3.25. The second-order valence-corrected chi connectivity index (χ2v) is 8.47. The van der Waals surface area contributed by atoms with Crippen LogP contribution in [0.2, 0.25) is 0 Å². The lowest BCUT2D eigenvalue weighted by atomic mass is 10.0. The molecule has 0 spiro atoms. The predicted molar refractivity (Wildman–Crippen MR) is 118 cm³/mol. The number of aliphatic hydroxyl groups excluding tert-OH is 1. The molecule has 1 amide bonds. The van der Waals surface area contributed by atoms with Crippen LogP contribution in [0.15, 0.2) is 30.5 Å². The highest BCUT2D eigenvalue weighted by atomic mass is 19.1. The number of carbonyl (C=O) groups is 1. The van der Waals surface area contributed by atoms with Gasteiger partial charge in [-0.25, -0.2) is 9.37 Å². The Morgan fingerprint density at radius 2 is 2.16 bits per heavy atom. The molecule has 4 heterocycles. The second kappa shape index (κ2) is 8.05. The van der Waals surface area contributed by atoms with Gasteiger partial charge in [0.25, 0.3) is 5.91 Å².